The van der Waals surface area contributed by atoms with Gasteiger partial charge in [-0.25, -0.2) is 4.98 Å². The van der Waals surface area contributed by atoms with E-state index in [4.69, 9.17) is 17.3 Å². The first-order valence-corrected chi connectivity index (χ1v) is 12.4. The monoisotopic (exact) mass is 488 g/mol. The molecule has 2 aromatic rings. The summed E-state index contributed by atoms with van der Waals surface area (Å²) in [5.74, 6) is -0.600. The van der Waals surface area contributed by atoms with Gasteiger partial charge in [0, 0.05) is 25.7 Å². The zero-order valence-corrected chi connectivity index (χ0v) is 20.2. The van der Waals surface area contributed by atoms with Crippen LogP contribution in [-0.4, -0.2) is 48.7 Å². The number of carboxylic acids is 1. The summed E-state index contributed by atoms with van der Waals surface area (Å²) in [4.78, 5) is 43.4. The third-order valence-corrected chi connectivity index (χ3v) is 6.64. The van der Waals surface area contributed by atoms with Crippen LogP contribution in [0.5, 0.6) is 0 Å². The van der Waals surface area contributed by atoms with Crippen LogP contribution in [0, 0.1) is 0 Å². The molecule has 2 aromatic heterocycles. The van der Waals surface area contributed by atoms with E-state index in [1.807, 2.05) is 6.07 Å². The highest BCUT2D eigenvalue weighted by atomic mass is 32.2. The van der Waals surface area contributed by atoms with Gasteiger partial charge in [-0.15, -0.1) is 0 Å². The van der Waals surface area contributed by atoms with E-state index in [0.717, 1.165) is 19.3 Å². The molecule has 1 aliphatic rings. The summed E-state index contributed by atoms with van der Waals surface area (Å²) < 4.78 is 1.91. The van der Waals surface area contributed by atoms with E-state index in [2.05, 4.69) is 17.2 Å². The van der Waals surface area contributed by atoms with E-state index in [1.165, 1.54) is 21.1 Å². The second-order valence-corrected chi connectivity index (χ2v) is 9.46. The van der Waals surface area contributed by atoms with Gasteiger partial charge in [0.1, 0.15) is 15.8 Å². The Kier molecular flexibility index (Phi) is 9.02. The molecule has 2 N–H and O–H groups in total. The maximum atomic E-state index is 13.2. The predicted molar refractivity (Wildman–Crippen MR) is 135 cm³/mol. The van der Waals surface area contributed by atoms with Gasteiger partial charge in [0.2, 0.25) is 0 Å². The predicted octanol–water partition coefficient (Wildman–Crippen LogP) is 4.14. The summed E-state index contributed by atoms with van der Waals surface area (Å²) in [5.41, 5.74) is 0.612. The zero-order valence-electron chi connectivity index (χ0n) is 18.6. The molecular formula is C23H28N4O4S2. The number of thiocarbonyl (C=S) groups is 1. The molecule has 0 aliphatic carbocycles. The summed E-state index contributed by atoms with van der Waals surface area (Å²) >= 11 is 6.56. The van der Waals surface area contributed by atoms with Crippen molar-refractivity contribution in [3.8, 4) is 0 Å². The number of carbonyl (C=O) groups is 2. The summed E-state index contributed by atoms with van der Waals surface area (Å²) in [6.07, 6.45) is 8.39. The highest BCUT2D eigenvalue weighted by Crippen LogP contribution is 2.33. The second-order valence-electron chi connectivity index (χ2n) is 7.78. The molecule has 3 heterocycles. The molecule has 0 bridgehead atoms. The third-order valence-electron chi connectivity index (χ3n) is 5.26. The molecule has 0 radical (unpaired) electrons. The van der Waals surface area contributed by atoms with E-state index in [9.17, 15) is 14.4 Å². The number of rotatable bonds is 12. The first kappa shape index (κ1) is 24.9. The highest BCUT2D eigenvalue weighted by Gasteiger charge is 2.32. The van der Waals surface area contributed by atoms with Crippen molar-refractivity contribution in [3.05, 3.63) is 45.2 Å². The molecule has 1 saturated heterocycles. The largest absolute Gasteiger partial charge is 0.481 e. The van der Waals surface area contributed by atoms with Crippen molar-refractivity contribution in [3.63, 3.8) is 0 Å². The molecule has 0 saturated carbocycles. The van der Waals surface area contributed by atoms with E-state index in [-0.39, 0.29) is 17.9 Å². The average Bonchev–Trinajstić information content (AvgIpc) is 3.06. The number of pyridine rings is 1. The van der Waals surface area contributed by atoms with Crippen LogP contribution in [0.2, 0.25) is 0 Å². The maximum Gasteiger partial charge on any atom is 0.303 e. The number of carboxylic acid groups (broad SMARTS) is 1. The number of carbonyl (C=O) groups excluding carboxylic acids is 1. The van der Waals surface area contributed by atoms with Gasteiger partial charge in [0.15, 0.2) is 0 Å². The fourth-order valence-corrected chi connectivity index (χ4v) is 4.79. The normalized spacial score (nSPS) is 15.1. The summed E-state index contributed by atoms with van der Waals surface area (Å²) in [6, 6.07) is 5.36. The maximum absolute atomic E-state index is 13.2. The van der Waals surface area contributed by atoms with Gasteiger partial charge < -0.3 is 10.4 Å². The molecule has 1 amide bonds. The fraction of sp³-hybridized carbons (Fsp3) is 0.435. The fourth-order valence-electron chi connectivity index (χ4n) is 3.50. The number of thioether (sulfide) groups is 1. The van der Waals surface area contributed by atoms with Gasteiger partial charge in [-0.1, -0.05) is 56.2 Å². The molecule has 0 aromatic carbocycles. The standard InChI is InChI=1S/C23H28N4O4S2/c1-2-3-7-12-24-20-16(21(30)26-13-9-6-10-18(26)25-20)15-17-22(31)27(23(32)33-17)14-8-4-5-11-19(28)29/h6,9-10,13,15,24H,2-5,7-8,11-12,14H2,1H3,(H,28,29)/b17-15+. The topological polar surface area (TPSA) is 104 Å². The van der Waals surface area contributed by atoms with Gasteiger partial charge in [-0.2, -0.15) is 0 Å². The molecule has 3 rings (SSSR count). The van der Waals surface area contributed by atoms with Gasteiger partial charge in [0.25, 0.3) is 11.5 Å². The minimum absolute atomic E-state index is 0.116. The van der Waals surface area contributed by atoms with Crippen molar-refractivity contribution in [2.45, 2.75) is 51.9 Å². The lowest BCUT2D eigenvalue weighted by Gasteiger charge is -2.14. The van der Waals surface area contributed by atoms with E-state index in [1.54, 1.807) is 24.4 Å². The minimum atomic E-state index is -0.821. The molecule has 1 aliphatic heterocycles. The Labute approximate surface area is 202 Å². The number of aromatic nitrogens is 2. The van der Waals surface area contributed by atoms with Crippen molar-refractivity contribution in [1.29, 1.82) is 0 Å². The molecule has 0 atom stereocenters. The number of unbranched alkanes of at least 4 members (excludes halogenated alkanes) is 4. The van der Waals surface area contributed by atoms with Crippen molar-refractivity contribution < 1.29 is 14.7 Å². The lowest BCUT2D eigenvalue weighted by atomic mass is 10.2. The Morgan fingerprint density at radius 2 is 2.03 bits per heavy atom. The van der Waals surface area contributed by atoms with Crippen molar-refractivity contribution in [2.75, 3.05) is 18.4 Å². The number of nitrogens with one attached hydrogen (secondary N) is 1. The molecule has 176 valence electrons. The lowest BCUT2D eigenvalue weighted by Crippen LogP contribution is -2.29. The van der Waals surface area contributed by atoms with Crippen molar-refractivity contribution >= 4 is 57.7 Å². The van der Waals surface area contributed by atoms with Crippen LogP contribution >= 0.6 is 24.0 Å². The summed E-state index contributed by atoms with van der Waals surface area (Å²) in [7, 11) is 0. The first-order chi connectivity index (χ1) is 15.9. The molecule has 1 fully saturated rings. The van der Waals surface area contributed by atoms with Crippen LogP contribution in [0.3, 0.4) is 0 Å². The number of fused-ring (bicyclic) bond motifs is 1. The van der Waals surface area contributed by atoms with Crippen molar-refractivity contribution in [1.82, 2.24) is 14.3 Å². The quantitative estimate of drug-likeness (QED) is 0.261. The number of anilines is 1. The van der Waals surface area contributed by atoms with Crippen molar-refractivity contribution in [2.24, 2.45) is 0 Å². The van der Waals surface area contributed by atoms with Gasteiger partial charge >= 0.3 is 5.97 Å². The van der Waals surface area contributed by atoms with Crippen LogP contribution in [0.25, 0.3) is 11.7 Å². The zero-order chi connectivity index (χ0) is 23.8. The summed E-state index contributed by atoms with van der Waals surface area (Å²) in [5, 5.41) is 12.0. The number of aliphatic carboxylic acids is 1. The molecule has 33 heavy (non-hydrogen) atoms. The minimum Gasteiger partial charge on any atom is -0.481 e. The van der Waals surface area contributed by atoms with E-state index in [0.29, 0.717) is 58.6 Å². The third kappa shape index (κ3) is 6.42. The first-order valence-electron chi connectivity index (χ1n) is 11.1. The number of hydrogen-bond donors (Lipinski definition) is 2. The number of amides is 1. The Morgan fingerprint density at radius 1 is 1.21 bits per heavy atom. The molecule has 0 spiro atoms. The van der Waals surface area contributed by atoms with Gasteiger partial charge in [-0.05, 0) is 37.5 Å². The van der Waals surface area contributed by atoms with Crippen LogP contribution in [0.4, 0.5) is 5.82 Å². The molecular weight excluding hydrogens is 460 g/mol. The van der Waals surface area contributed by atoms with Gasteiger partial charge in [-0.3, -0.25) is 23.7 Å². The van der Waals surface area contributed by atoms with Crippen LogP contribution in [-0.2, 0) is 9.59 Å². The lowest BCUT2D eigenvalue weighted by molar-refractivity contribution is -0.137. The van der Waals surface area contributed by atoms with Crippen LogP contribution in [0.1, 0.15) is 57.4 Å². The van der Waals surface area contributed by atoms with E-state index >= 15 is 0 Å². The SMILES string of the molecule is CCCCCNc1nc2ccccn2c(=O)c1/C=C1/SC(=S)N(CCCCCC(=O)O)C1=O. The van der Waals surface area contributed by atoms with Crippen LogP contribution < -0.4 is 10.9 Å². The highest BCUT2D eigenvalue weighted by molar-refractivity contribution is 8.26. The Balaban J connectivity index is 1.82. The Hall–Kier alpha value is -2.72. The number of nitrogens with zero attached hydrogens (tertiary/aromatic N) is 3. The van der Waals surface area contributed by atoms with Crippen LogP contribution in [0.15, 0.2) is 34.1 Å². The van der Waals surface area contributed by atoms with Gasteiger partial charge in [0.05, 0.1) is 10.5 Å². The Morgan fingerprint density at radius 3 is 2.79 bits per heavy atom. The molecule has 0 unspecified atom stereocenters. The average molecular weight is 489 g/mol. The Bertz CT molecular complexity index is 1130. The smallest absolute Gasteiger partial charge is 0.303 e. The summed E-state index contributed by atoms with van der Waals surface area (Å²) in [6.45, 7) is 3.24. The molecule has 8 nitrogen and oxygen atoms in total. The molecule has 10 heteroatoms. The number of hydrogen-bond acceptors (Lipinski definition) is 7. The second kappa shape index (κ2) is 11.9. The van der Waals surface area contributed by atoms with E-state index < -0.39 is 5.97 Å².